The van der Waals surface area contributed by atoms with Crippen LogP contribution in [0.5, 0.6) is 0 Å². The van der Waals surface area contributed by atoms with Gasteiger partial charge in [-0.2, -0.15) is 0 Å². The highest BCUT2D eigenvalue weighted by atomic mass is 32.1. The summed E-state index contributed by atoms with van der Waals surface area (Å²) in [5.41, 5.74) is 1.13. The van der Waals surface area contributed by atoms with Crippen LogP contribution in [0, 0.1) is 13.8 Å². The van der Waals surface area contributed by atoms with Gasteiger partial charge in [-0.1, -0.05) is 0 Å². The van der Waals surface area contributed by atoms with E-state index in [2.05, 4.69) is 41.4 Å². The molecule has 114 valence electrons. The van der Waals surface area contributed by atoms with Crippen molar-refractivity contribution in [1.82, 2.24) is 15.6 Å². The summed E-state index contributed by atoms with van der Waals surface area (Å²) in [6.45, 7) is 10.5. The number of rotatable bonds is 7. The largest absolute Gasteiger partial charge is 0.383 e. The first kappa shape index (κ1) is 16.9. The summed E-state index contributed by atoms with van der Waals surface area (Å²) in [4.78, 5) is 10.4. The van der Waals surface area contributed by atoms with Crippen LogP contribution in [0.25, 0.3) is 0 Å². The van der Waals surface area contributed by atoms with Crippen LogP contribution in [0.4, 0.5) is 0 Å². The number of nitrogens with one attached hydrogen (secondary N) is 2. The molecule has 1 unspecified atom stereocenters. The molecule has 0 aromatic carbocycles. The second kappa shape index (κ2) is 8.92. The van der Waals surface area contributed by atoms with E-state index < -0.39 is 0 Å². The predicted molar refractivity (Wildman–Crippen MR) is 85.7 cm³/mol. The summed E-state index contributed by atoms with van der Waals surface area (Å²) in [6.07, 6.45) is 0.937. The summed E-state index contributed by atoms with van der Waals surface area (Å²) in [5.74, 6) is 0.843. The van der Waals surface area contributed by atoms with Gasteiger partial charge in [-0.25, -0.2) is 4.98 Å². The van der Waals surface area contributed by atoms with E-state index in [1.807, 2.05) is 6.92 Å². The summed E-state index contributed by atoms with van der Waals surface area (Å²) in [5, 5.41) is 7.70. The minimum absolute atomic E-state index is 0.241. The lowest BCUT2D eigenvalue weighted by Crippen LogP contribution is -2.44. The SMILES string of the molecule is CCNC(=NCCc1sc(C)nc1C)NC(C)COC. The van der Waals surface area contributed by atoms with Crippen LogP contribution in [-0.4, -0.2) is 43.8 Å². The van der Waals surface area contributed by atoms with Crippen molar-refractivity contribution in [2.75, 3.05) is 26.8 Å². The van der Waals surface area contributed by atoms with Gasteiger partial charge in [0.2, 0.25) is 0 Å². The molecule has 1 atom stereocenters. The fraction of sp³-hybridized carbons (Fsp3) is 0.714. The molecule has 0 radical (unpaired) electrons. The second-order valence-electron chi connectivity index (χ2n) is 4.75. The highest BCUT2D eigenvalue weighted by Crippen LogP contribution is 2.17. The van der Waals surface area contributed by atoms with Crippen molar-refractivity contribution in [1.29, 1.82) is 0 Å². The minimum Gasteiger partial charge on any atom is -0.383 e. The Hall–Kier alpha value is -1.14. The molecule has 2 N–H and O–H groups in total. The van der Waals surface area contributed by atoms with Gasteiger partial charge in [0.05, 0.1) is 17.3 Å². The molecule has 1 aromatic heterocycles. The molecule has 0 saturated heterocycles. The highest BCUT2D eigenvalue weighted by molar-refractivity contribution is 7.11. The van der Waals surface area contributed by atoms with Gasteiger partial charge in [0.25, 0.3) is 0 Å². The molecule has 0 aliphatic carbocycles. The Morgan fingerprint density at radius 3 is 2.75 bits per heavy atom. The maximum atomic E-state index is 5.12. The maximum Gasteiger partial charge on any atom is 0.191 e. The zero-order valence-electron chi connectivity index (χ0n) is 13.1. The van der Waals surface area contributed by atoms with Gasteiger partial charge in [0, 0.05) is 37.5 Å². The summed E-state index contributed by atoms with van der Waals surface area (Å²) >= 11 is 1.76. The van der Waals surface area contributed by atoms with Crippen LogP contribution in [0.2, 0.25) is 0 Å². The number of nitrogens with zero attached hydrogens (tertiary/aromatic N) is 2. The third kappa shape index (κ3) is 5.88. The first-order valence-corrected chi connectivity index (χ1v) is 7.85. The van der Waals surface area contributed by atoms with Gasteiger partial charge in [-0.3, -0.25) is 4.99 Å². The molecule has 0 aliphatic rings. The van der Waals surface area contributed by atoms with Crippen LogP contribution < -0.4 is 10.6 Å². The van der Waals surface area contributed by atoms with Crippen molar-refractivity contribution in [3.63, 3.8) is 0 Å². The molecule has 0 spiro atoms. The quantitative estimate of drug-likeness (QED) is 0.596. The Bertz CT molecular complexity index is 431. The molecule has 20 heavy (non-hydrogen) atoms. The summed E-state index contributed by atoms with van der Waals surface area (Å²) in [6, 6.07) is 0.241. The zero-order valence-corrected chi connectivity index (χ0v) is 13.9. The summed E-state index contributed by atoms with van der Waals surface area (Å²) < 4.78 is 5.12. The molecule has 0 amide bonds. The number of aromatic nitrogens is 1. The van der Waals surface area contributed by atoms with E-state index in [4.69, 9.17) is 4.74 Å². The topological polar surface area (TPSA) is 58.5 Å². The Kier molecular flexibility index (Phi) is 7.54. The first-order chi connectivity index (χ1) is 9.56. The lowest BCUT2D eigenvalue weighted by molar-refractivity contribution is 0.179. The van der Waals surface area contributed by atoms with Crippen molar-refractivity contribution in [2.24, 2.45) is 4.99 Å². The van der Waals surface area contributed by atoms with Gasteiger partial charge in [0.1, 0.15) is 0 Å². The second-order valence-corrected chi connectivity index (χ2v) is 6.04. The van der Waals surface area contributed by atoms with Crippen LogP contribution >= 0.6 is 11.3 Å². The van der Waals surface area contributed by atoms with E-state index in [1.54, 1.807) is 18.4 Å². The third-order valence-electron chi connectivity index (χ3n) is 2.75. The Morgan fingerprint density at radius 1 is 1.45 bits per heavy atom. The first-order valence-electron chi connectivity index (χ1n) is 7.03. The van der Waals surface area contributed by atoms with Crippen molar-refractivity contribution >= 4 is 17.3 Å². The van der Waals surface area contributed by atoms with E-state index in [-0.39, 0.29) is 6.04 Å². The minimum atomic E-state index is 0.241. The molecule has 1 rings (SSSR count). The maximum absolute atomic E-state index is 5.12. The smallest absolute Gasteiger partial charge is 0.191 e. The van der Waals surface area contributed by atoms with Crippen LogP contribution in [-0.2, 0) is 11.2 Å². The van der Waals surface area contributed by atoms with E-state index in [9.17, 15) is 0 Å². The predicted octanol–water partition coefficient (Wildman–Crippen LogP) is 1.89. The highest BCUT2D eigenvalue weighted by Gasteiger charge is 2.06. The third-order valence-corrected chi connectivity index (χ3v) is 3.89. The van der Waals surface area contributed by atoms with Gasteiger partial charge < -0.3 is 15.4 Å². The van der Waals surface area contributed by atoms with E-state index in [0.717, 1.165) is 36.2 Å². The number of aryl methyl sites for hydroxylation is 2. The number of methoxy groups -OCH3 is 1. The molecule has 1 heterocycles. The number of hydrogen-bond acceptors (Lipinski definition) is 4. The van der Waals surface area contributed by atoms with Gasteiger partial charge >= 0.3 is 0 Å². The van der Waals surface area contributed by atoms with Crippen molar-refractivity contribution in [3.05, 3.63) is 15.6 Å². The molecule has 0 bridgehead atoms. The fourth-order valence-corrected chi connectivity index (χ4v) is 2.85. The van der Waals surface area contributed by atoms with Crippen molar-refractivity contribution in [3.8, 4) is 0 Å². The van der Waals surface area contributed by atoms with Gasteiger partial charge in [-0.15, -0.1) is 11.3 Å². The van der Waals surface area contributed by atoms with Crippen LogP contribution in [0.3, 0.4) is 0 Å². The molecule has 0 saturated carbocycles. The average Bonchev–Trinajstić information content (AvgIpc) is 2.68. The Labute approximate surface area is 125 Å². The van der Waals surface area contributed by atoms with Gasteiger partial charge in [-0.05, 0) is 27.7 Å². The van der Waals surface area contributed by atoms with Crippen LogP contribution in [0.15, 0.2) is 4.99 Å². The molecule has 6 heteroatoms. The van der Waals surface area contributed by atoms with Crippen LogP contribution in [0.1, 0.15) is 29.4 Å². The lowest BCUT2D eigenvalue weighted by Gasteiger charge is -2.16. The number of aliphatic imine (C=N–C) groups is 1. The lowest BCUT2D eigenvalue weighted by atomic mass is 10.3. The normalized spacial score (nSPS) is 13.3. The molecule has 0 aliphatic heterocycles. The average molecular weight is 298 g/mol. The molecule has 1 aromatic rings. The van der Waals surface area contributed by atoms with Crippen molar-refractivity contribution < 1.29 is 4.74 Å². The van der Waals surface area contributed by atoms with E-state index in [0.29, 0.717) is 6.61 Å². The number of hydrogen-bond donors (Lipinski definition) is 2. The van der Waals surface area contributed by atoms with E-state index >= 15 is 0 Å². The molecular formula is C14H26N4OS. The molecule has 0 fully saturated rings. The molecular weight excluding hydrogens is 272 g/mol. The Balaban J connectivity index is 2.51. The zero-order chi connectivity index (χ0) is 15.0. The Morgan fingerprint density at radius 2 is 2.20 bits per heavy atom. The van der Waals surface area contributed by atoms with E-state index in [1.165, 1.54) is 4.88 Å². The summed E-state index contributed by atoms with van der Waals surface area (Å²) in [7, 11) is 1.71. The van der Waals surface area contributed by atoms with Crippen molar-refractivity contribution in [2.45, 2.75) is 40.2 Å². The molecule has 5 nitrogen and oxygen atoms in total. The fourth-order valence-electron chi connectivity index (χ4n) is 1.92. The monoisotopic (exact) mass is 298 g/mol. The van der Waals surface area contributed by atoms with Gasteiger partial charge in [0.15, 0.2) is 5.96 Å². The number of guanidine groups is 1. The number of thiazole rings is 1. The number of ether oxygens (including phenoxy) is 1. The standard InChI is InChI=1S/C14H26N4OS/c1-6-15-14(17-10(2)9-19-5)16-8-7-13-11(3)18-12(4)20-13/h10H,6-9H2,1-5H3,(H2,15,16,17).